The second kappa shape index (κ2) is 8.74. The maximum atomic E-state index is 13.7. The van der Waals surface area contributed by atoms with Crippen LogP contribution in [0.1, 0.15) is 47.5 Å². The molecule has 0 aromatic carbocycles. The van der Waals surface area contributed by atoms with E-state index in [1.807, 2.05) is 34.6 Å². The lowest BCUT2D eigenvalue weighted by Crippen LogP contribution is -2.59. The quantitative estimate of drug-likeness (QED) is 0.439. The predicted molar refractivity (Wildman–Crippen MR) is 115 cm³/mol. The van der Waals surface area contributed by atoms with Crippen LogP contribution < -0.4 is 10.6 Å². The normalized spacial score (nSPS) is 35.8. The number of alkyl halides is 1. The molecule has 1 spiro atoms. The number of aliphatic hydroxyl groups is 1. The molecule has 0 aromatic rings. The van der Waals surface area contributed by atoms with Gasteiger partial charge in [0.2, 0.25) is 17.7 Å². The fourth-order valence-corrected chi connectivity index (χ4v) is 6.32. The van der Waals surface area contributed by atoms with Gasteiger partial charge in [-0.05, 0) is 32.6 Å². The van der Waals surface area contributed by atoms with Gasteiger partial charge in [-0.2, -0.15) is 0 Å². The van der Waals surface area contributed by atoms with Gasteiger partial charge in [-0.3, -0.25) is 14.4 Å². The van der Waals surface area contributed by atoms with E-state index < -0.39 is 35.6 Å². The molecular formula is C21H34BrN3O5. The average Bonchev–Trinajstić information content (AvgIpc) is 3.23. The molecule has 3 N–H and O–H groups in total. The number of likely N-dealkylation sites (tertiary alicyclic amines) is 1. The fraction of sp³-hybridized carbons (Fsp3) is 0.857. The topological polar surface area (TPSA) is 108 Å². The summed E-state index contributed by atoms with van der Waals surface area (Å²) in [5.41, 5.74) is -1.08. The molecular weight excluding hydrogens is 454 g/mol. The molecule has 3 amide bonds. The van der Waals surface area contributed by atoms with Crippen molar-refractivity contribution >= 4 is 33.7 Å². The van der Waals surface area contributed by atoms with Crippen molar-refractivity contribution in [3.8, 4) is 0 Å². The van der Waals surface area contributed by atoms with Gasteiger partial charge in [0.25, 0.3) is 0 Å². The van der Waals surface area contributed by atoms with E-state index in [2.05, 4.69) is 26.6 Å². The van der Waals surface area contributed by atoms with E-state index in [0.717, 1.165) is 6.42 Å². The van der Waals surface area contributed by atoms with Crippen molar-refractivity contribution in [1.29, 1.82) is 0 Å². The van der Waals surface area contributed by atoms with Crippen LogP contribution in [0, 0.1) is 17.8 Å². The van der Waals surface area contributed by atoms with Gasteiger partial charge in [-0.15, -0.1) is 0 Å². The van der Waals surface area contributed by atoms with Crippen LogP contribution in [-0.4, -0.2) is 75.5 Å². The highest BCUT2D eigenvalue weighted by atomic mass is 79.9. The standard InChI is InChI=1S/C21H34BrN3O5/c1-6-7-23-18(27)14-15-20(29)25(13(9-26)10(2)3)17(19(28)24-11(4)5)21(15)8-12(22)16(14)30-21/h10-17,26H,6-9H2,1-5H3,(H,23,27)(H,24,28)/t12?,13-,14+,15-,16+,17?,21?/m0/s1. The number of halogens is 1. The smallest absolute Gasteiger partial charge is 0.246 e. The maximum absolute atomic E-state index is 13.7. The lowest BCUT2D eigenvalue weighted by atomic mass is 9.70. The van der Waals surface area contributed by atoms with Gasteiger partial charge in [0.05, 0.1) is 30.6 Å². The molecule has 3 aliphatic rings. The minimum atomic E-state index is -1.08. The molecule has 170 valence electrons. The molecule has 0 aliphatic carbocycles. The van der Waals surface area contributed by atoms with Crippen LogP contribution in [0.5, 0.6) is 0 Å². The van der Waals surface area contributed by atoms with Gasteiger partial charge in [0, 0.05) is 17.4 Å². The second-order valence-electron chi connectivity index (χ2n) is 9.36. The van der Waals surface area contributed by atoms with Gasteiger partial charge < -0.3 is 25.4 Å². The summed E-state index contributed by atoms with van der Waals surface area (Å²) in [7, 11) is 0. The van der Waals surface area contributed by atoms with Gasteiger partial charge in [0.1, 0.15) is 11.6 Å². The van der Waals surface area contributed by atoms with E-state index >= 15 is 0 Å². The summed E-state index contributed by atoms with van der Waals surface area (Å²) < 4.78 is 6.39. The number of nitrogens with zero attached hydrogens (tertiary/aromatic N) is 1. The molecule has 3 aliphatic heterocycles. The summed E-state index contributed by atoms with van der Waals surface area (Å²) >= 11 is 3.64. The average molecular weight is 488 g/mol. The molecule has 3 saturated heterocycles. The Morgan fingerprint density at radius 3 is 2.50 bits per heavy atom. The zero-order valence-electron chi connectivity index (χ0n) is 18.4. The first-order chi connectivity index (χ1) is 14.1. The van der Waals surface area contributed by atoms with Crippen LogP contribution in [0.3, 0.4) is 0 Å². The maximum Gasteiger partial charge on any atom is 0.246 e. The monoisotopic (exact) mass is 487 g/mol. The van der Waals surface area contributed by atoms with Crippen LogP contribution in [0.15, 0.2) is 0 Å². The van der Waals surface area contributed by atoms with E-state index in [9.17, 15) is 19.5 Å². The van der Waals surface area contributed by atoms with Crippen LogP contribution >= 0.6 is 15.9 Å². The third-order valence-corrected chi connectivity index (χ3v) is 7.42. The van der Waals surface area contributed by atoms with Crippen molar-refractivity contribution in [2.45, 2.75) is 82.1 Å². The molecule has 3 fully saturated rings. The first-order valence-electron chi connectivity index (χ1n) is 10.9. The van der Waals surface area contributed by atoms with Crippen molar-refractivity contribution in [2.24, 2.45) is 17.8 Å². The Hall–Kier alpha value is -1.19. The Kier molecular flexibility index (Phi) is 6.84. The van der Waals surface area contributed by atoms with E-state index in [1.165, 1.54) is 4.90 Å². The SMILES string of the molecule is CCCNC(=O)[C@H]1[C@@H]2OC3(CC2Br)C(C(=O)NC(C)C)N([C@@H](CO)C(C)C)C(=O)[C@H]13. The number of hydrogen-bond acceptors (Lipinski definition) is 5. The van der Waals surface area contributed by atoms with Gasteiger partial charge in [-0.1, -0.05) is 36.7 Å². The molecule has 2 bridgehead atoms. The Labute approximate surface area is 186 Å². The summed E-state index contributed by atoms with van der Waals surface area (Å²) in [4.78, 5) is 41.5. The van der Waals surface area contributed by atoms with E-state index in [0.29, 0.717) is 13.0 Å². The lowest BCUT2D eigenvalue weighted by Gasteiger charge is -2.38. The summed E-state index contributed by atoms with van der Waals surface area (Å²) in [5.74, 6) is -2.23. The molecule has 30 heavy (non-hydrogen) atoms. The van der Waals surface area contributed by atoms with Gasteiger partial charge in [0.15, 0.2) is 0 Å². The van der Waals surface area contributed by atoms with Crippen molar-refractivity contribution in [3.63, 3.8) is 0 Å². The number of ether oxygens (including phenoxy) is 1. The summed E-state index contributed by atoms with van der Waals surface area (Å²) in [6.07, 6.45) is 0.796. The highest BCUT2D eigenvalue weighted by molar-refractivity contribution is 9.09. The number of nitrogens with one attached hydrogen (secondary N) is 2. The summed E-state index contributed by atoms with van der Waals surface area (Å²) in [6.45, 7) is 9.78. The first-order valence-corrected chi connectivity index (χ1v) is 11.8. The van der Waals surface area contributed by atoms with Crippen LogP contribution in [-0.2, 0) is 19.1 Å². The van der Waals surface area contributed by atoms with Crippen molar-refractivity contribution < 1.29 is 24.2 Å². The fourth-order valence-electron chi connectivity index (χ4n) is 5.37. The Balaban J connectivity index is 2.07. The highest BCUT2D eigenvalue weighted by Gasteiger charge is 2.77. The molecule has 3 heterocycles. The molecule has 3 rings (SSSR count). The van der Waals surface area contributed by atoms with Crippen LogP contribution in [0.2, 0.25) is 0 Å². The molecule has 8 nitrogen and oxygen atoms in total. The lowest BCUT2D eigenvalue weighted by molar-refractivity contribution is -0.147. The molecule has 0 aromatic heterocycles. The minimum Gasteiger partial charge on any atom is -0.394 e. The number of amides is 3. The predicted octanol–water partition coefficient (Wildman–Crippen LogP) is 0.802. The van der Waals surface area contributed by atoms with Crippen LogP contribution in [0.25, 0.3) is 0 Å². The number of aliphatic hydroxyl groups excluding tert-OH is 1. The number of fused-ring (bicyclic) bond motifs is 1. The molecule has 3 unspecified atom stereocenters. The Morgan fingerprint density at radius 1 is 1.30 bits per heavy atom. The molecule has 0 radical (unpaired) electrons. The zero-order chi connectivity index (χ0) is 22.4. The summed E-state index contributed by atoms with van der Waals surface area (Å²) in [6, 6.07) is -1.53. The third-order valence-electron chi connectivity index (χ3n) is 6.57. The molecule has 7 atom stereocenters. The Morgan fingerprint density at radius 2 is 1.97 bits per heavy atom. The number of hydrogen-bond donors (Lipinski definition) is 3. The third kappa shape index (κ3) is 3.56. The Bertz CT molecular complexity index is 702. The van der Waals surface area contributed by atoms with Gasteiger partial charge >= 0.3 is 0 Å². The van der Waals surface area contributed by atoms with E-state index in [4.69, 9.17) is 4.74 Å². The first kappa shape index (κ1) is 23.5. The van der Waals surface area contributed by atoms with Crippen molar-refractivity contribution in [3.05, 3.63) is 0 Å². The summed E-state index contributed by atoms with van der Waals surface area (Å²) in [5, 5.41) is 15.9. The number of carbonyl (C=O) groups is 3. The van der Waals surface area contributed by atoms with Gasteiger partial charge in [-0.25, -0.2) is 0 Å². The minimum absolute atomic E-state index is 0.0622. The largest absolute Gasteiger partial charge is 0.394 e. The van der Waals surface area contributed by atoms with Crippen molar-refractivity contribution in [2.75, 3.05) is 13.2 Å². The zero-order valence-corrected chi connectivity index (χ0v) is 19.9. The number of rotatable bonds is 8. The van der Waals surface area contributed by atoms with E-state index in [1.54, 1.807) is 0 Å². The van der Waals surface area contributed by atoms with Crippen molar-refractivity contribution in [1.82, 2.24) is 15.5 Å². The van der Waals surface area contributed by atoms with E-state index in [-0.39, 0.29) is 41.1 Å². The highest BCUT2D eigenvalue weighted by Crippen LogP contribution is 2.60. The molecule has 0 saturated carbocycles. The van der Waals surface area contributed by atoms with Crippen LogP contribution in [0.4, 0.5) is 0 Å². The molecule has 9 heteroatoms. The second-order valence-corrected chi connectivity index (χ2v) is 10.5. The number of carbonyl (C=O) groups excluding carboxylic acids is 3.